The molecule has 0 spiro atoms. The van der Waals surface area contributed by atoms with Gasteiger partial charge in [0.15, 0.2) is 12.6 Å². The summed E-state index contributed by atoms with van der Waals surface area (Å²) in [5.74, 6) is -0.226. The van der Waals surface area contributed by atoms with Crippen LogP contribution in [-0.2, 0) is 18.9 Å². The van der Waals surface area contributed by atoms with Crippen LogP contribution >= 0.6 is 0 Å². The van der Waals surface area contributed by atoms with Gasteiger partial charge < -0.3 is 44.5 Å². The lowest BCUT2D eigenvalue weighted by molar-refractivity contribution is -0.356. The molecule has 0 aliphatic carbocycles. The normalized spacial score (nSPS) is 50.5. The van der Waals surface area contributed by atoms with Crippen molar-refractivity contribution >= 4 is 0 Å². The van der Waals surface area contributed by atoms with Crippen LogP contribution in [0.3, 0.4) is 0 Å². The van der Waals surface area contributed by atoms with Crippen molar-refractivity contribution in [3.8, 4) is 0 Å². The molecule has 8 unspecified atom stereocenters. The van der Waals surface area contributed by atoms with Gasteiger partial charge in [0.05, 0.1) is 18.8 Å². The average molecular weight is 378 g/mol. The molecule has 0 radical (unpaired) electrons. The van der Waals surface area contributed by atoms with Crippen LogP contribution in [0.5, 0.6) is 0 Å². The number of ether oxygens (including phenoxy) is 4. The fourth-order valence-corrected chi connectivity index (χ4v) is 4.05. The third-order valence-electron chi connectivity index (χ3n) is 5.58. The lowest BCUT2D eigenvalue weighted by Crippen LogP contribution is -2.63. The third kappa shape index (κ3) is 3.91. The van der Waals surface area contributed by atoms with E-state index < -0.39 is 55.8 Å². The number of hydrogen-bond donors (Lipinski definition) is 5. The average Bonchev–Trinajstić information content (AvgIpc) is 2.64. The van der Waals surface area contributed by atoms with Crippen molar-refractivity contribution in [2.24, 2.45) is 5.92 Å². The quantitative estimate of drug-likeness (QED) is 0.388. The van der Waals surface area contributed by atoms with Crippen molar-refractivity contribution in [1.29, 1.82) is 0 Å². The van der Waals surface area contributed by atoms with Gasteiger partial charge in [0.1, 0.15) is 30.5 Å². The van der Waals surface area contributed by atoms with Crippen LogP contribution in [0, 0.1) is 5.92 Å². The van der Waals surface area contributed by atoms with Crippen molar-refractivity contribution < 1.29 is 44.5 Å². The fraction of sp³-hybridized carbons (Fsp3) is 1.00. The molecule has 152 valence electrons. The molecule has 6 rings (SSSR count). The summed E-state index contributed by atoms with van der Waals surface area (Å²) in [6.45, 7) is 1.75. The summed E-state index contributed by atoms with van der Waals surface area (Å²) in [5, 5.41) is 51.3. The number of rotatable bonds is 2. The van der Waals surface area contributed by atoms with Gasteiger partial charge in [-0.05, 0) is 19.3 Å². The fourth-order valence-electron chi connectivity index (χ4n) is 4.05. The van der Waals surface area contributed by atoms with Gasteiger partial charge in [0, 0.05) is 12.5 Å². The first-order valence-electron chi connectivity index (χ1n) is 9.39. The van der Waals surface area contributed by atoms with Crippen molar-refractivity contribution in [3.05, 3.63) is 0 Å². The predicted molar refractivity (Wildman–Crippen MR) is 86.9 cm³/mol. The molecule has 6 fully saturated rings. The van der Waals surface area contributed by atoms with Crippen LogP contribution in [-0.4, -0.2) is 94.1 Å². The van der Waals surface area contributed by atoms with Crippen LogP contribution in [0.15, 0.2) is 0 Å². The largest absolute Gasteiger partial charge is 0.394 e. The molecule has 9 heteroatoms. The molecule has 6 saturated heterocycles. The minimum atomic E-state index is -1.40. The molecule has 0 aromatic carbocycles. The first-order valence-corrected chi connectivity index (χ1v) is 9.39. The first-order chi connectivity index (χ1) is 12.5. The molecule has 6 aliphatic rings. The minimum Gasteiger partial charge on any atom is -0.394 e. The molecule has 6 aliphatic heterocycles. The van der Waals surface area contributed by atoms with E-state index in [1.54, 1.807) is 0 Å². The minimum absolute atomic E-state index is 0.226. The SMILES string of the molecule is CCC1O[C@H]2OC3C(CO)O[C@@H](OCCCCC1C(O)C2O)C(O)C3O. The van der Waals surface area contributed by atoms with Gasteiger partial charge in [-0.1, -0.05) is 13.3 Å². The van der Waals surface area contributed by atoms with Crippen LogP contribution in [0.4, 0.5) is 0 Å². The van der Waals surface area contributed by atoms with Crippen molar-refractivity contribution in [1.82, 2.24) is 0 Å². The van der Waals surface area contributed by atoms with Gasteiger partial charge in [-0.25, -0.2) is 0 Å². The van der Waals surface area contributed by atoms with E-state index in [-0.39, 0.29) is 12.0 Å². The monoisotopic (exact) mass is 378 g/mol. The molecular formula is C17H30O9. The smallest absolute Gasteiger partial charge is 0.186 e. The topological polar surface area (TPSA) is 138 Å². The molecular weight excluding hydrogens is 348 g/mol. The molecule has 9 nitrogen and oxygen atoms in total. The summed E-state index contributed by atoms with van der Waals surface area (Å²) < 4.78 is 22.6. The Morgan fingerprint density at radius 3 is 2.19 bits per heavy atom. The second kappa shape index (κ2) is 8.76. The Hall–Kier alpha value is -0.360. The highest BCUT2D eigenvalue weighted by atomic mass is 16.7. The Balaban J connectivity index is 1.87. The van der Waals surface area contributed by atoms with E-state index in [4.69, 9.17) is 18.9 Å². The van der Waals surface area contributed by atoms with E-state index in [0.717, 1.165) is 6.42 Å². The lowest BCUT2D eigenvalue weighted by atomic mass is 9.83. The van der Waals surface area contributed by atoms with E-state index in [0.29, 0.717) is 25.9 Å². The lowest BCUT2D eigenvalue weighted by Gasteiger charge is -2.47. The zero-order valence-corrected chi connectivity index (χ0v) is 14.9. The summed E-state index contributed by atoms with van der Waals surface area (Å²) >= 11 is 0. The highest BCUT2D eigenvalue weighted by Crippen LogP contribution is 2.35. The number of hydrogen-bond acceptors (Lipinski definition) is 9. The Labute approximate surface area is 152 Å². The highest BCUT2D eigenvalue weighted by molar-refractivity contribution is 4.94. The molecule has 6 heterocycles. The van der Waals surface area contributed by atoms with Gasteiger partial charge in [0.25, 0.3) is 0 Å². The Kier molecular flexibility index (Phi) is 6.87. The second-order valence-electron chi connectivity index (χ2n) is 7.27. The first kappa shape index (κ1) is 20.4. The molecule has 4 bridgehead atoms. The molecule has 0 saturated carbocycles. The van der Waals surface area contributed by atoms with Gasteiger partial charge in [-0.3, -0.25) is 0 Å². The van der Waals surface area contributed by atoms with Gasteiger partial charge >= 0.3 is 0 Å². The molecule has 0 amide bonds. The zero-order valence-electron chi connectivity index (χ0n) is 14.9. The maximum atomic E-state index is 10.6. The molecule has 0 aromatic heterocycles. The Morgan fingerprint density at radius 1 is 0.808 bits per heavy atom. The van der Waals surface area contributed by atoms with Gasteiger partial charge in [0.2, 0.25) is 0 Å². The Bertz CT molecular complexity index is 446. The standard InChI is InChI=1S/C17H30O9/c1-2-9-8-5-3-4-6-23-16-14(22)12(20)15(10(7-18)25-16)26-17(24-9)13(21)11(8)19/h8-22H,2-7H2,1H3/t8?,9?,10?,11?,12?,13?,14?,15?,16-,17+/m1/s1. The molecule has 5 N–H and O–H groups in total. The van der Waals surface area contributed by atoms with Crippen molar-refractivity contribution in [2.75, 3.05) is 13.2 Å². The zero-order chi connectivity index (χ0) is 18.8. The summed E-state index contributed by atoms with van der Waals surface area (Å²) in [4.78, 5) is 0. The summed E-state index contributed by atoms with van der Waals surface area (Å²) in [5.41, 5.74) is 0. The predicted octanol–water partition coefficient (Wildman–Crippen LogP) is -1.52. The number of aliphatic hydroxyl groups excluding tert-OH is 5. The summed E-state index contributed by atoms with van der Waals surface area (Å²) in [6.07, 6.45) is -7.11. The molecule has 0 aromatic rings. The van der Waals surface area contributed by atoms with Gasteiger partial charge in [-0.2, -0.15) is 0 Å². The molecule has 26 heavy (non-hydrogen) atoms. The van der Waals surface area contributed by atoms with Crippen LogP contribution in [0.2, 0.25) is 0 Å². The van der Waals surface area contributed by atoms with Gasteiger partial charge in [-0.15, -0.1) is 0 Å². The van der Waals surface area contributed by atoms with Crippen molar-refractivity contribution in [3.63, 3.8) is 0 Å². The highest BCUT2D eigenvalue weighted by Gasteiger charge is 2.50. The maximum Gasteiger partial charge on any atom is 0.186 e. The number of aliphatic hydroxyl groups is 5. The summed E-state index contributed by atoms with van der Waals surface area (Å²) in [6, 6.07) is 0. The van der Waals surface area contributed by atoms with E-state index in [1.807, 2.05) is 6.92 Å². The van der Waals surface area contributed by atoms with Crippen LogP contribution in [0.25, 0.3) is 0 Å². The van der Waals surface area contributed by atoms with Crippen LogP contribution < -0.4 is 0 Å². The van der Waals surface area contributed by atoms with Crippen molar-refractivity contribution in [2.45, 2.75) is 87.9 Å². The molecule has 10 atom stereocenters. The van der Waals surface area contributed by atoms with E-state index in [9.17, 15) is 25.5 Å². The summed E-state index contributed by atoms with van der Waals surface area (Å²) in [7, 11) is 0. The van der Waals surface area contributed by atoms with Crippen LogP contribution in [0.1, 0.15) is 32.6 Å². The van der Waals surface area contributed by atoms with E-state index in [1.165, 1.54) is 0 Å². The van der Waals surface area contributed by atoms with E-state index in [2.05, 4.69) is 0 Å². The van der Waals surface area contributed by atoms with E-state index >= 15 is 0 Å². The Morgan fingerprint density at radius 2 is 1.50 bits per heavy atom. The third-order valence-corrected chi connectivity index (χ3v) is 5.58. The maximum absolute atomic E-state index is 10.6. The second-order valence-corrected chi connectivity index (χ2v) is 7.27.